The zero-order chi connectivity index (χ0) is 9.33. The average molecular weight is 157 g/mol. The van der Waals surface area contributed by atoms with E-state index in [1.165, 1.54) is 0 Å². The molecule has 11 heavy (non-hydrogen) atoms. The van der Waals surface area contributed by atoms with Crippen LogP contribution >= 0.6 is 0 Å². The fourth-order valence-electron chi connectivity index (χ4n) is 0.189. The number of nitrogens with one attached hydrogen (secondary N) is 1. The molecule has 0 unspecified atom stereocenters. The van der Waals surface area contributed by atoms with E-state index >= 15 is 0 Å². The van der Waals surface area contributed by atoms with Crippen LogP contribution in [0.15, 0.2) is 0 Å². The van der Waals surface area contributed by atoms with Crippen LogP contribution in [0.1, 0.15) is 13.8 Å². The summed E-state index contributed by atoms with van der Waals surface area (Å²) >= 11 is 0. The van der Waals surface area contributed by atoms with Crippen LogP contribution in [0.5, 0.6) is 0 Å². The maximum Gasteiger partial charge on any atom is 0.208 e. The van der Waals surface area contributed by atoms with Crippen molar-refractivity contribution in [2.45, 2.75) is 19.4 Å². The molecule has 0 atom stereocenters. The van der Waals surface area contributed by atoms with E-state index in [1.807, 2.05) is 0 Å². The van der Waals surface area contributed by atoms with Crippen LogP contribution in [0.2, 0.25) is 0 Å². The number of hydrogen-bond acceptors (Lipinski definition) is 2. The van der Waals surface area contributed by atoms with Gasteiger partial charge in [-0.25, -0.2) is 0 Å². The first kappa shape index (κ1) is 12.6. The second-order valence-corrected chi connectivity index (χ2v) is 2.44. The first-order valence-electron chi connectivity index (χ1n) is 3.13. The van der Waals surface area contributed by atoms with E-state index in [-0.39, 0.29) is 0 Å². The summed E-state index contributed by atoms with van der Waals surface area (Å²) in [4.78, 5) is 9.77. The van der Waals surface area contributed by atoms with Gasteiger partial charge in [0.2, 0.25) is 6.41 Å². The second kappa shape index (κ2) is 7.10. The lowest BCUT2D eigenvalue weighted by molar-refractivity contribution is -0.110. The molecule has 1 N–H and O–H groups in total. The highest BCUT2D eigenvalue weighted by molar-refractivity contribution is 5.49. The Hall–Kier alpha value is -1.01. The molecule has 0 saturated carbocycles. The monoisotopic (exact) mass is 157 g/mol. The quantitative estimate of drug-likeness (QED) is 0.465. The lowest BCUT2D eigenvalue weighted by Gasteiger charge is -2.14. The first-order valence-corrected chi connectivity index (χ1v) is 3.13. The van der Waals surface area contributed by atoms with Crippen LogP contribution in [0.4, 0.5) is 0 Å². The number of rotatable bonds is 2. The smallest absolute Gasteiger partial charge is 0.208 e. The molecule has 0 aromatic rings. The van der Waals surface area contributed by atoms with E-state index in [1.54, 1.807) is 28.1 Å². The predicted molar refractivity (Wildman–Crippen MR) is 45.0 cm³/mol. The lowest BCUT2D eigenvalue weighted by atomic mass is 10.1. The number of carbonyl (C=O) groups excluding carboxylic acids is 1. The van der Waals surface area contributed by atoms with Crippen LogP contribution in [-0.4, -0.2) is 26.2 Å². The van der Waals surface area contributed by atoms with Gasteiger partial charge in [-0.1, -0.05) is 5.92 Å². The summed E-state index contributed by atoms with van der Waals surface area (Å²) in [5.74, 6) is 2.40. The zero-order valence-corrected chi connectivity index (χ0v) is 7.47. The Morgan fingerprint density at radius 1 is 1.55 bits per heavy atom. The van der Waals surface area contributed by atoms with Crippen LogP contribution in [0.25, 0.3) is 0 Å². The van der Waals surface area contributed by atoms with Crippen molar-refractivity contribution in [1.82, 2.24) is 5.32 Å². The standard InChI is InChI=1S/C6H9NO.C2H6O/c1-4-6(2,3)7-5-8;1-3-2/h1,5H,2-3H3,(H,7,8);1-2H3. The summed E-state index contributed by atoms with van der Waals surface area (Å²) < 4.78 is 4.25. The van der Waals surface area contributed by atoms with E-state index in [0.29, 0.717) is 6.41 Å². The Bertz CT molecular complexity index is 136. The Kier molecular flexibility index (Phi) is 8.16. The number of ether oxygens (including phenoxy) is 1. The van der Waals surface area contributed by atoms with Crippen molar-refractivity contribution in [3.63, 3.8) is 0 Å². The second-order valence-electron chi connectivity index (χ2n) is 2.44. The minimum absolute atomic E-state index is 0.498. The van der Waals surface area contributed by atoms with E-state index in [0.717, 1.165) is 0 Å². The minimum Gasteiger partial charge on any atom is -0.388 e. The van der Waals surface area contributed by atoms with Crippen molar-refractivity contribution in [2.75, 3.05) is 14.2 Å². The molecule has 0 fully saturated rings. The third-order valence-electron chi connectivity index (χ3n) is 0.781. The maximum atomic E-state index is 9.77. The van der Waals surface area contributed by atoms with Gasteiger partial charge in [-0.3, -0.25) is 4.79 Å². The summed E-state index contributed by atoms with van der Waals surface area (Å²) in [6.45, 7) is 3.50. The molecule has 0 saturated heterocycles. The maximum absolute atomic E-state index is 9.77. The van der Waals surface area contributed by atoms with Crippen molar-refractivity contribution in [3.05, 3.63) is 0 Å². The fraction of sp³-hybridized carbons (Fsp3) is 0.625. The normalized spacial score (nSPS) is 8.64. The minimum atomic E-state index is -0.498. The fourth-order valence-corrected chi connectivity index (χ4v) is 0.189. The molecule has 0 bridgehead atoms. The number of hydrogen-bond donors (Lipinski definition) is 1. The van der Waals surface area contributed by atoms with Gasteiger partial charge in [-0.2, -0.15) is 0 Å². The van der Waals surface area contributed by atoms with Crippen LogP contribution in [0, 0.1) is 12.3 Å². The van der Waals surface area contributed by atoms with Crippen molar-refractivity contribution >= 4 is 6.41 Å². The molecule has 64 valence electrons. The number of methoxy groups -OCH3 is 1. The Balaban J connectivity index is 0. The number of amides is 1. The highest BCUT2D eigenvalue weighted by atomic mass is 16.4. The first-order chi connectivity index (χ1) is 5.04. The van der Waals surface area contributed by atoms with Gasteiger partial charge in [-0.05, 0) is 13.8 Å². The van der Waals surface area contributed by atoms with Crippen LogP contribution < -0.4 is 5.32 Å². The van der Waals surface area contributed by atoms with Gasteiger partial charge in [0.15, 0.2) is 0 Å². The molecule has 0 aliphatic rings. The Morgan fingerprint density at radius 3 is 2.00 bits per heavy atom. The molecule has 0 aliphatic carbocycles. The molecular weight excluding hydrogens is 142 g/mol. The molecule has 0 heterocycles. The van der Waals surface area contributed by atoms with Crippen LogP contribution in [0.3, 0.4) is 0 Å². The molecule has 0 aromatic carbocycles. The van der Waals surface area contributed by atoms with Gasteiger partial charge in [0.25, 0.3) is 0 Å². The van der Waals surface area contributed by atoms with Gasteiger partial charge in [0, 0.05) is 14.2 Å². The number of terminal acetylenes is 1. The van der Waals surface area contributed by atoms with E-state index in [2.05, 4.69) is 16.0 Å². The number of carbonyl (C=O) groups is 1. The highest BCUT2D eigenvalue weighted by Gasteiger charge is 2.09. The molecule has 3 heteroatoms. The third-order valence-corrected chi connectivity index (χ3v) is 0.781. The Morgan fingerprint density at radius 2 is 1.91 bits per heavy atom. The van der Waals surface area contributed by atoms with Crippen molar-refractivity contribution in [3.8, 4) is 12.3 Å². The van der Waals surface area contributed by atoms with Crippen molar-refractivity contribution in [1.29, 1.82) is 0 Å². The predicted octanol–water partition coefficient (Wildman–Crippen LogP) is 0.407. The molecule has 0 aliphatic heterocycles. The summed E-state index contributed by atoms with van der Waals surface area (Å²) in [6.07, 6.45) is 5.62. The average Bonchev–Trinajstić information content (AvgIpc) is 1.90. The molecule has 1 amide bonds. The summed E-state index contributed by atoms with van der Waals surface area (Å²) in [5, 5.41) is 2.45. The topological polar surface area (TPSA) is 38.3 Å². The highest BCUT2D eigenvalue weighted by Crippen LogP contribution is 1.94. The lowest BCUT2D eigenvalue weighted by Crippen LogP contribution is -2.36. The molecule has 0 rings (SSSR count). The summed E-state index contributed by atoms with van der Waals surface area (Å²) in [5.41, 5.74) is -0.498. The van der Waals surface area contributed by atoms with Crippen LogP contribution in [-0.2, 0) is 9.53 Å². The molecule has 0 radical (unpaired) electrons. The van der Waals surface area contributed by atoms with E-state index < -0.39 is 5.54 Å². The summed E-state index contributed by atoms with van der Waals surface area (Å²) in [7, 11) is 3.25. The SMILES string of the molecule is C#CC(C)(C)NC=O.COC. The largest absolute Gasteiger partial charge is 0.388 e. The van der Waals surface area contributed by atoms with Gasteiger partial charge in [0.1, 0.15) is 0 Å². The molecular formula is C8H15NO2. The van der Waals surface area contributed by atoms with E-state index in [4.69, 9.17) is 6.42 Å². The summed E-state index contributed by atoms with van der Waals surface area (Å²) in [6, 6.07) is 0. The van der Waals surface area contributed by atoms with E-state index in [9.17, 15) is 4.79 Å². The Labute approximate surface area is 68.1 Å². The molecule has 0 spiro atoms. The van der Waals surface area contributed by atoms with Crippen molar-refractivity contribution < 1.29 is 9.53 Å². The zero-order valence-electron chi connectivity index (χ0n) is 7.47. The molecule has 0 aromatic heterocycles. The van der Waals surface area contributed by atoms with Gasteiger partial charge in [0.05, 0.1) is 5.54 Å². The van der Waals surface area contributed by atoms with Gasteiger partial charge < -0.3 is 10.1 Å². The van der Waals surface area contributed by atoms with Gasteiger partial charge in [-0.15, -0.1) is 6.42 Å². The van der Waals surface area contributed by atoms with Gasteiger partial charge >= 0.3 is 0 Å². The third kappa shape index (κ3) is 12.2. The molecule has 3 nitrogen and oxygen atoms in total. The van der Waals surface area contributed by atoms with Crippen molar-refractivity contribution in [2.24, 2.45) is 0 Å².